The molecule has 0 saturated heterocycles. The van der Waals surface area contributed by atoms with Gasteiger partial charge in [-0.1, -0.05) is 12.1 Å². The van der Waals surface area contributed by atoms with Gasteiger partial charge in [-0.05, 0) is 23.7 Å². The average Bonchev–Trinajstić information content (AvgIpc) is 2.38. The van der Waals surface area contributed by atoms with Gasteiger partial charge in [0.05, 0.1) is 12.8 Å². The summed E-state index contributed by atoms with van der Waals surface area (Å²) in [6, 6.07) is 7.45. The number of anilines is 3. The number of aromatic nitrogens is 3. The van der Waals surface area contributed by atoms with E-state index in [1.165, 1.54) is 0 Å². The molecule has 2 N–H and O–H groups in total. The van der Waals surface area contributed by atoms with E-state index < -0.39 is 0 Å². The van der Waals surface area contributed by atoms with E-state index in [2.05, 4.69) is 25.6 Å². The van der Waals surface area contributed by atoms with E-state index in [0.717, 1.165) is 5.69 Å². The van der Waals surface area contributed by atoms with Gasteiger partial charge in [-0.3, -0.25) is 0 Å². The number of para-hydroxylation sites is 2. The van der Waals surface area contributed by atoms with Crippen LogP contribution in [0.25, 0.3) is 0 Å². The lowest BCUT2D eigenvalue weighted by molar-refractivity contribution is 0.417. The Bertz CT molecular complexity index is 549. The fraction of sp³-hybridized carbons (Fsp3) is 0.182. The van der Waals surface area contributed by atoms with Crippen molar-refractivity contribution in [3.8, 4) is 5.75 Å². The predicted octanol–water partition coefficient (Wildman–Crippen LogP) is 2.32. The number of halogens is 1. The zero-order valence-corrected chi connectivity index (χ0v) is 10.7. The summed E-state index contributed by atoms with van der Waals surface area (Å²) in [7, 11) is 3.30. The molecule has 0 saturated carbocycles. The van der Waals surface area contributed by atoms with Gasteiger partial charge >= 0.3 is 0 Å². The minimum atomic E-state index is 0.117. The van der Waals surface area contributed by atoms with Crippen molar-refractivity contribution in [2.24, 2.45) is 0 Å². The van der Waals surface area contributed by atoms with Crippen LogP contribution in [0.5, 0.6) is 5.75 Å². The lowest BCUT2D eigenvalue weighted by Crippen LogP contribution is -2.04. The van der Waals surface area contributed by atoms with E-state index in [0.29, 0.717) is 17.6 Å². The fourth-order valence-corrected chi connectivity index (χ4v) is 1.55. The molecule has 0 radical (unpaired) electrons. The molecule has 0 aliphatic carbocycles. The van der Waals surface area contributed by atoms with Crippen molar-refractivity contribution in [1.82, 2.24) is 15.0 Å². The first-order valence-corrected chi connectivity index (χ1v) is 5.60. The third kappa shape index (κ3) is 2.78. The summed E-state index contributed by atoms with van der Waals surface area (Å²) in [5.41, 5.74) is 0.754. The lowest BCUT2D eigenvalue weighted by atomic mass is 10.3. The number of benzene rings is 1. The van der Waals surface area contributed by atoms with E-state index >= 15 is 0 Å². The van der Waals surface area contributed by atoms with E-state index in [1.54, 1.807) is 14.2 Å². The normalized spacial score (nSPS) is 9.94. The van der Waals surface area contributed by atoms with E-state index in [1.807, 2.05) is 24.3 Å². The van der Waals surface area contributed by atoms with Crippen molar-refractivity contribution in [2.75, 3.05) is 24.8 Å². The van der Waals surface area contributed by atoms with Gasteiger partial charge in [-0.25, -0.2) is 0 Å². The Morgan fingerprint density at radius 3 is 2.56 bits per heavy atom. The van der Waals surface area contributed by atoms with Crippen molar-refractivity contribution >= 4 is 29.2 Å². The molecule has 94 valence electrons. The van der Waals surface area contributed by atoms with Crippen LogP contribution in [0.15, 0.2) is 24.3 Å². The minimum absolute atomic E-state index is 0.117. The second kappa shape index (κ2) is 5.50. The number of methoxy groups -OCH3 is 1. The minimum Gasteiger partial charge on any atom is -0.495 e. The number of nitrogens with zero attached hydrogens (tertiary/aromatic N) is 3. The molecular weight excluding hydrogens is 254 g/mol. The monoisotopic (exact) mass is 265 g/mol. The van der Waals surface area contributed by atoms with E-state index in [4.69, 9.17) is 16.3 Å². The molecule has 2 rings (SSSR count). The Hall–Kier alpha value is -2.08. The van der Waals surface area contributed by atoms with Crippen LogP contribution < -0.4 is 15.4 Å². The Morgan fingerprint density at radius 1 is 1.11 bits per heavy atom. The van der Waals surface area contributed by atoms with Crippen LogP contribution >= 0.6 is 11.6 Å². The van der Waals surface area contributed by atoms with Crippen LogP contribution in [-0.4, -0.2) is 29.1 Å². The molecule has 0 atom stereocenters. The molecule has 0 aliphatic heterocycles. The molecule has 7 heteroatoms. The molecule has 1 aromatic carbocycles. The largest absolute Gasteiger partial charge is 0.495 e. The lowest BCUT2D eigenvalue weighted by Gasteiger charge is -2.10. The van der Waals surface area contributed by atoms with Gasteiger partial charge in [0.15, 0.2) is 0 Å². The highest BCUT2D eigenvalue weighted by molar-refractivity contribution is 6.28. The summed E-state index contributed by atoms with van der Waals surface area (Å²) in [5, 5.41) is 5.95. The molecule has 1 heterocycles. The zero-order valence-electron chi connectivity index (χ0n) is 9.94. The highest BCUT2D eigenvalue weighted by Crippen LogP contribution is 2.25. The molecule has 0 amide bonds. The van der Waals surface area contributed by atoms with Gasteiger partial charge in [-0.15, -0.1) is 0 Å². The van der Waals surface area contributed by atoms with Crippen molar-refractivity contribution in [2.45, 2.75) is 0 Å². The number of hydrogen-bond acceptors (Lipinski definition) is 6. The molecule has 6 nitrogen and oxygen atoms in total. The van der Waals surface area contributed by atoms with Gasteiger partial charge in [0.1, 0.15) is 5.75 Å². The maximum Gasteiger partial charge on any atom is 0.233 e. The number of nitrogens with one attached hydrogen (secondary N) is 2. The fourth-order valence-electron chi connectivity index (χ4n) is 1.39. The summed E-state index contributed by atoms with van der Waals surface area (Å²) in [6.45, 7) is 0. The standard InChI is InChI=1S/C11H12ClN5O/c1-13-10-15-9(12)16-11(17-10)14-7-5-3-4-6-8(7)18-2/h3-6H,1-2H3,(H2,13,14,15,16,17). The van der Waals surface area contributed by atoms with Gasteiger partial charge in [0, 0.05) is 7.05 Å². The van der Waals surface area contributed by atoms with E-state index in [-0.39, 0.29) is 5.28 Å². The van der Waals surface area contributed by atoms with Crippen molar-refractivity contribution in [3.63, 3.8) is 0 Å². The maximum atomic E-state index is 5.80. The Balaban J connectivity index is 2.30. The average molecular weight is 266 g/mol. The molecule has 0 bridgehead atoms. The van der Waals surface area contributed by atoms with Crippen LogP contribution in [-0.2, 0) is 0 Å². The van der Waals surface area contributed by atoms with Gasteiger partial charge in [0.25, 0.3) is 0 Å². The first-order chi connectivity index (χ1) is 8.72. The molecule has 0 aliphatic rings. The second-order valence-electron chi connectivity index (χ2n) is 3.33. The Labute approximate surface area is 109 Å². The highest BCUT2D eigenvalue weighted by Gasteiger charge is 2.07. The highest BCUT2D eigenvalue weighted by atomic mass is 35.5. The molecule has 1 aromatic heterocycles. The summed E-state index contributed by atoms with van der Waals surface area (Å²) >= 11 is 5.80. The van der Waals surface area contributed by atoms with Crippen LogP contribution in [0.1, 0.15) is 0 Å². The van der Waals surface area contributed by atoms with Crippen molar-refractivity contribution < 1.29 is 4.74 Å². The smallest absolute Gasteiger partial charge is 0.233 e. The SMILES string of the molecule is CNc1nc(Cl)nc(Nc2ccccc2OC)n1. The topological polar surface area (TPSA) is 72.0 Å². The first-order valence-electron chi connectivity index (χ1n) is 5.22. The van der Waals surface area contributed by atoms with Crippen LogP contribution in [0.3, 0.4) is 0 Å². The maximum absolute atomic E-state index is 5.80. The molecule has 0 spiro atoms. The number of hydrogen-bond donors (Lipinski definition) is 2. The van der Waals surface area contributed by atoms with Gasteiger partial charge < -0.3 is 15.4 Å². The second-order valence-corrected chi connectivity index (χ2v) is 3.66. The molecule has 2 aromatic rings. The van der Waals surface area contributed by atoms with Crippen molar-refractivity contribution in [1.29, 1.82) is 0 Å². The summed E-state index contributed by atoms with van der Waals surface area (Å²) in [4.78, 5) is 12.0. The van der Waals surface area contributed by atoms with Gasteiger partial charge in [0.2, 0.25) is 17.2 Å². The summed E-state index contributed by atoms with van der Waals surface area (Å²) in [5.74, 6) is 1.44. The van der Waals surface area contributed by atoms with Crippen LogP contribution in [0.4, 0.5) is 17.6 Å². The van der Waals surface area contributed by atoms with Crippen LogP contribution in [0, 0.1) is 0 Å². The number of rotatable bonds is 4. The van der Waals surface area contributed by atoms with Crippen molar-refractivity contribution in [3.05, 3.63) is 29.5 Å². The number of ether oxygens (including phenoxy) is 1. The third-order valence-electron chi connectivity index (χ3n) is 2.19. The Morgan fingerprint density at radius 2 is 1.83 bits per heavy atom. The molecule has 18 heavy (non-hydrogen) atoms. The first kappa shape index (κ1) is 12.4. The van der Waals surface area contributed by atoms with Crippen LogP contribution in [0.2, 0.25) is 5.28 Å². The molecule has 0 unspecified atom stereocenters. The summed E-state index contributed by atoms with van der Waals surface area (Å²) in [6.07, 6.45) is 0. The third-order valence-corrected chi connectivity index (χ3v) is 2.35. The zero-order chi connectivity index (χ0) is 13.0. The summed E-state index contributed by atoms with van der Waals surface area (Å²) < 4.78 is 5.22. The molecule has 0 fully saturated rings. The Kier molecular flexibility index (Phi) is 3.78. The molecular formula is C11H12ClN5O. The van der Waals surface area contributed by atoms with Gasteiger partial charge in [-0.2, -0.15) is 15.0 Å². The van der Waals surface area contributed by atoms with E-state index in [9.17, 15) is 0 Å². The quantitative estimate of drug-likeness (QED) is 0.884. The predicted molar refractivity (Wildman–Crippen MR) is 70.7 cm³/mol.